The van der Waals surface area contributed by atoms with Crippen LogP contribution in [0.15, 0.2) is 35.2 Å². The Morgan fingerprint density at radius 3 is 2.27 bits per heavy atom. The fourth-order valence-electron chi connectivity index (χ4n) is 0.761. The number of carbonyl (C=O) groups excluding carboxylic acids is 1. The Labute approximate surface area is 110 Å². The predicted octanol–water partition coefficient (Wildman–Crippen LogP) is -2.55. The molecule has 0 spiro atoms. The molecule has 0 aliphatic carbocycles. The van der Waals surface area contributed by atoms with E-state index < -0.39 is 16.0 Å². The number of benzene rings is 1. The van der Waals surface area contributed by atoms with Crippen molar-refractivity contribution in [3.63, 3.8) is 0 Å². The molecule has 1 rings (SSSR count). The van der Waals surface area contributed by atoms with Crippen LogP contribution < -0.4 is 34.4 Å². The second-order valence-corrected chi connectivity index (χ2v) is 4.14. The Hall–Kier alpha value is -0.400. The molecule has 1 N–H and O–H groups in total. The van der Waals surface area contributed by atoms with Gasteiger partial charge in [0.15, 0.2) is 0 Å². The number of sulfonamides is 1. The summed E-state index contributed by atoms with van der Waals surface area (Å²) in [6, 6.07) is 7.62. The van der Waals surface area contributed by atoms with E-state index in [1.165, 1.54) is 12.1 Å². The van der Waals surface area contributed by atoms with Crippen LogP contribution in [0.1, 0.15) is 6.92 Å². The molecule has 0 saturated carbocycles. The molecule has 15 heavy (non-hydrogen) atoms. The zero-order valence-corrected chi connectivity index (χ0v) is 11.2. The first-order valence-electron chi connectivity index (χ1n) is 3.76. The zero-order chi connectivity index (χ0) is 10.6. The minimum Gasteiger partial charge on any atom is -0.356 e. The summed E-state index contributed by atoms with van der Waals surface area (Å²) < 4.78 is 22.7. The Morgan fingerprint density at radius 2 is 1.80 bits per heavy atom. The predicted molar refractivity (Wildman–Crippen MR) is 48.5 cm³/mol. The molecule has 1 aromatic carbocycles. The number of rotatable bonds is 3. The van der Waals surface area contributed by atoms with E-state index in [4.69, 9.17) is 0 Å². The van der Waals surface area contributed by atoms with Crippen molar-refractivity contribution in [2.45, 2.75) is 11.8 Å². The van der Waals surface area contributed by atoms with Gasteiger partial charge in [-0.25, -0.2) is 8.42 Å². The van der Waals surface area contributed by atoms with E-state index in [-0.39, 0.29) is 34.5 Å². The Kier molecular flexibility index (Phi) is 6.07. The molecule has 0 saturated heterocycles. The Morgan fingerprint density at radius 1 is 1.27 bits per heavy atom. The van der Waals surface area contributed by atoms with Crippen LogP contribution in [0.4, 0.5) is 0 Å². The molecule has 0 unspecified atom stereocenters. The van der Waals surface area contributed by atoms with Crippen molar-refractivity contribution in [3.8, 4) is 0 Å². The fraction of sp³-hybridized carbons (Fsp3) is 0.125. The van der Waals surface area contributed by atoms with Gasteiger partial charge in [-0.2, -0.15) is 0 Å². The van der Waals surface area contributed by atoms with Gasteiger partial charge in [0, 0.05) is 6.92 Å². The van der Waals surface area contributed by atoms with Gasteiger partial charge in [-0.3, -0.25) is 4.79 Å². The number of nitrogens with one attached hydrogen (secondary N) is 1. The maximum Gasteiger partial charge on any atom is 1.00 e. The third-order valence-electron chi connectivity index (χ3n) is 1.35. The zero-order valence-electron chi connectivity index (χ0n) is 8.43. The molecule has 7 heteroatoms. The van der Waals surface area contributed by atoms with Crippen LogP contribution in [0.25, 0.3) is 0 Å². The van der Waals surface area contributed by atoms with Gasteiger partial charge < -0.3 is 4.84 Å². The molecular formula is C8H9NNaO4S+. The summed E-state index contributed by atoms with van der Waals surface area (Å²) in [7, 11) is -3.75. The van der Waals surface area contributed by atoms with E-state index in [0.29, 0.717) is 0 Å². The molecule has 0 fully saturated rings. The van der Waals surface area contributed by atoms with E-state index in [0.717, 1.165) is 6.92 Å². The van der Waals surface area contributed by atoms with Gasteiger partial charge in [-0.15, -0.1) is 0 Å². The largest absolute Gasteiger partial charge is 1.00 e. The summed E-state index contributed by atoms with van der Waals surface area (Å²) >= 11 is 0. The molecule has 0 aromatic heterocycles. The first kappa shape index (κ1) is 14.6. The first-order chi connectivity index (χ1) is 6.52. The molecule has 0 aliphatic heterocycles. The molecule has 0 bridgehead atoms. The SMILES string of the molecule is CC(=O)ONS(=O)(=O)c1ccccc1.[Na+]. The summed E-state index contributed by atoms with van der Waals surface area (Å²) in [5.41, 5.74) is 0. The van der Waals surface area contributed by atoms with Gasteiger partial charge in [-0.05, 0) is 17.0 Å². The van der Waals surface area contributed by atoms with Crippen molar-refractivity contribution < 1.29 is 47.6 Å². The average Bonchev–Trinajstić information content (AvgIpc) is 2.16. The van der Waals surface area contributed by atoms with Crippen molar-refractivity contribution >= 4 is 16.0 Å². The van der Waals surface area contributed by atoms with Gasteiger partial charge in [0.25, 0.3) is 10.0 Å². The molecule has 1 aromatic rings. The smallest absolute Gasteiger partial charge is 0.356 e. The topological polar surface area (TPSA) is 72.5 Å². The van der Waals surface area contributed by atoms with Crippen molar-refractivity contribution in [1.82, 2.24) is 4.89 Å². The van der Waals surface area contributed by atoms with Gasteiger partial charge in [-0.1, -0.05) is 18.2 Å². The van der Waals surface area contributed by atoms with Gasteiger partial charge in [0.1, 0.15) is 0 Å². The third kappa shape index (κ3) is 4.76. The van der Waals surface area contributed by atoms with Crippen LogP contribution >= 0.6 is 0 Å². The minimum atomic E-state index is -3.75. The summed E-state index contributed by atoms with van der Waals surface area (Å²) in [6.45, 7) is 1.10. The normalized spacial score (nSPS) is 10.2. The quantitative estimate of drug-likeness (QED) is 0.465. The van der Waals surface area contributed by atoms with Crippen LogP contribution in [0, 0.1) is 0 Å². The third-order valence-corrected chi connectivity index (χ3v) is 2.54. The van der Waals surface area contributed by atoms with Crippen molar-refractivity contribution in [2.75, 3.05) is 0 Å². The van der Waals surface area contributed by atoms with Crippen LogP contribution in [0.5, 0.6) is 0 Å². The number of hydrogen-bond donors (Lipinski definition) is 1. The van der Waals surface area contributed by atoms with Crippen LogP contribution in [0.2, 0.25) is 0 Å². The summed E-state index contributed by atoms with van der Waals surface area (Å²) in [5, 5.41) is 0. The van der Waals surface area contributed by atoms with E-state index in [1.54, 1.807) is 23.1 Å². The molecule has 0 radical (unpaired) electrons. The Balaban J connectivity index is 0.00000196. The van der Waals surface area contributed by atoms with Gasteiger partial charge >= 0.3 is 35.5 Å². The summed E-state index contributed by atoms with van der Waals surface area (Å²) in [5.74, 6) is -0.718. The number of hydrogen-bond acceptors (Lipinski definition) is 4. The second-order valence-electron chi connectivity index (χ2n) is 2.49. The van der Waals surface area contributed by atoms with Crippen LogP contribution in [-0.4, -0.2) is 14.4 Å². The minimum absolute atomic E-state index is 0. The van der Waals surface area contributed by atoms with E-state index >= 15 is 0 Å². The second kappa shape index (κ2) is 6.24. The first-order valence-corrected chi connectivity index (χ1v) is 5.25. The molecule has 0 atom stereocenters. The van der Waals surface area contributed by atoms with E-state index in [9.17, 15) is 13.2 Å². The van der Waals surface area contributed by atoms with Crippen molar-refractivity contribution in [3.05, 3.63) is 30.3 Å². The van der Waals surface area contributed by atoms with Gasteiger partial charge in [0.2, 0.25) is 0 Å². The Bertz CT molecular complexity index is 418. The van der Waals surface area contributed by atoms with Crippen LogP contribution in [-0.2, 0) is 19.7 Å². The standard InChI is InChI=1S/C8H9NO4S.Na/c1-7(10)13-9-14(11,12)8-5-3-2-4-6-8;/h2-6,9H,1H3;/q;+1. The molecule has 0 heterocycles. The van der Waals surface area contributed by atoms with Crippen molar-refractivity contribution in [1.29, 1.82) is 0 Å². The average molecular weight is 238 g/mol. The molecule has 5 nitrogen and oxygen atoms in total. The molecule has 0 aliphatic rings. The molecule has 76 valence electrons. The maximum absolute atomic E-state index is 11.3. The summed E-state index contributed by atoms with van der Waals surface area (Å²) in [6.07, 6.45) is 0. The molecule has 0 amide bonds. The van der Waals surface area contributed by atoms with E-state index in [2.05, 4.69) is 4.84 Å². The number of carbonyl (C=O) groups is 1. The van der Waals surface area contributed by atoms with Gasteiger partial charge in [0.05, 0.1) is 4.90 Å². The molecular weight excluding hydrogens is 229 g/mol. The van der Waals surface area contributed by atoms with Crippen LogP contribution in [0.3, 0.4) is 0 Å². The van der Waals surface area contributed by atoms with E-state index in [1.807, 2.05) is 0 Å². The summed E-state index contributed by atoms with van der Waals surface area (Å²) in [4.78, 5) is 16.3. The maximum atomic E-state index is 11.3. The fourth-order valence-corrected chi connectivity index (χ4v) is 1.60. The van der Waals surface area contributed by atoms with Crippen molar-refractivity contribution in [2.24, 2.45) is 0 Å². The monoisotopic (exact) mass is 238 g/mol.